The Balaban J connectivity index is 1.89. The van der Waals surface area contributed by atoms with Crippen LogP contribution in [-0.2, 0) is 0 Å². The SMILES string of the molecule is COc1cc(NCCNC(=O)Nc2cc(OC)c(OC)c(OC)c2)nc(OC)n1. The maximum absolute atomic E-state index is 12.1. The highest BCUT2D eigenvalue weighted by Gasteiger charge is 2.14. The lowest BCUT2D eigenvalue weighted by Crippen LogP contribution is -2.32. The molecule has 0 aliphatic rings. The van der Waals surface area contributed by atoms with Gasteiger partial charge in [0, 0.05) is 31.3 Å². The van der Waals surface area contributed by atoms with E-state index in [9.17, 15) is 4.79 Å². The molecule has 29 heavy (non-hydrogen) atoms. The summed E-state index contributed by atoms with van der Waals surface area (Å²) in [4.78, 5) is 20.3. The van der Waals surface area contributed by atoms with Crippen LogP contribution in [0.25, 0.3) is 0 Å². The third-order valence-electron chi connectivity index (χ3n) is 3.71. The van der Waals surface area contributed by atoms with E-state index in [-0.39, 0.29) is 12.0 Å². The molecule has 2 rings (SSSR count). The second-order valence-corrected chi connectivity index (χ2v) is 5.50. The molecule has 2 amide bonds. The van der Waals surface area contributed by atoms with E-state index in [1.807, 2.05) is 0 Å². The molecule has 3 N–H and O–H groups in total. The molecule has 0 aliphatic heterocycles. The van der Waals surface area contributed by atoms with Crippen molar-refractivity contribution in [3.63, 3.8) is 0 Å². The number of aromatic nitrogens is 2. The summed E-state index contributed by atoms with van der Waals surface area (Å²) in [6, 6.07) is 4.69. The lowest BCUT2D eigenvalue weighted by molar-refractivity contribution is 0.252. The predicted octanol–water partition coefficient (Wildman–Crippen LogP) is 1.75. The Hall–Kier alpha value is -3.63. The number of rotatable bonds is 10. The van der Waals surface area contributed by atoms with Gasteiger partial charge in [-0.3, -0.25) is 0 Å². The van der Waals surface area contributed by atoms with E-state index in [4.69, 9.17) is 23.7 Å². The number of amides is 2. The van der Waals surface area contributed by atoms with Crippen LogP contribution in [0.1, 0.15) is 0 Å². The van der Waals surface area contributed by atoms with E-state index in [1.165, 1.54) is 35.5 Å². The van der Waals surface area contributed by atoms with Gasteiger partial charge < -0.3 is 39.6 Å². The van der Waals surface area contributed by atoms with Crippen LogP contribution in [0.2, 0.25) is 0 Å². The largest absolute Gasteiger partial charge is 0.493 e. The first-order valence-corrected chi connectivity index (χ1v) is 8.60. The Bertz CT molecular complexity index is 785. The highest BCUT2D eigenvalue weighted by atomic mass is 16.5. The minimum atomic E-state index is -0.390. The lowest BCUT2D eigenvalue weighted by Gasteiger charge is -2.15. The molecule has 11 nitrogen and oxygen atoms in total. The number of methoxy groups -OCH3 is 5. The average molecular weight is 407 g/mol. The van der Waals surface area contributed by atoms with Gasteiger partial charge in [-0.05, 0) is 0 Å². The second-order valence-electron chi connectivity index (χ2n) is 5.50. The summed E-state index contributed by atoms with van der Waals surface area (Å²) in [5, 5.41) is 8.50. The summed E-state index contributed by atoms with van der Waals surface area (Å²) in [5.41, 5.74) is 0.496. The van der Waals surface area contributed by atoms with Gasteiger partial charge in [-0.25, -0.2) is 4.79 Å². The average Bonchev–Trinajstić information content (AvgIpc) is 2.75. The van der Waals surface area contributed by atoms with Crippen molar-refractivity contribution in [1.82, 2.24) is 15.3 Å². The van der Waals surface area contributed by atoms with Gasteiger partial charge in [-0.15, -0.1) is 0 Å². The number of hydrogen-bond acceptors (Lipinski definition) is 9. The molecule has 11 heteroatoms. The number of anilines is 2. The number of nitrogens with one attached hydrogen (secondary N) is 3. The van der Waals surface area contributed by atoms with Crippen LogP contribution in [0.5, 0.6) is 29.1 Å². The van der Waals surface area contributed by atoms with Gasteiger partial charge in [-0.2, -0.15) is 9.97 Å². The Morgan fingerprint density at radius 1 is 0.862 bits per heavy atom. The Labute approximate surface area is 168 Å². The van der Waals surface area contributed by atoms with Crippen molar-refractivity contribution in [2.45, 2.75) is 0 Å². The monoisotopic (exact) mass is 407 g/mol. The van der Waals surface area contributed by atoms with Gasteiger partial charge in [0.25, 0.3) is 0 Å². The lowest BCUT2D eigenvalue weighted by atomic mass is 10.2. The van der Waals surface area contributed by atoms with Crippen LogP contribution < -0.4 is 39.6 Å². The molecule has 0 aliphatic carbocycles. The Kier molecular flexibility index (Phi) is 7.95. The van der Waals surface area contributed by atoms with Crippen LogP contribution in [-0.4, -0.2) is 64.6 Å². The zero-order valence-corrected chi connectivity index (χ0v) is 17.0. The molecule has 1 aromatic carbocycles. The number of carbonyl (C=O) groups is 1. The van der Waals surface area contributed by atoms with Gasteiger partial charge in [0.15, 0.2) is 11.5 Å². The summed E-state index contributed by atoms with van der Waals surface area (Å²) in [5.74, 6) is 2.21. The van der Waals surface area contributed by atoms with Crippen LogP contribution >= 0.6 is 0 Å². The zero-order valence-electron chi connectivity index (χ0n) is 17.0. The summed E-state index contributed by atoms with van der Waals surface area (Å²) < 4.78 is 25.9. The molecule has 0 bridgehead atoms. The molecule has 1 heterocycles. The molecule has 0 saturated heterocycles. The van der Waals surface area contributed by atoms with Crippen LogP contribution in [0.15, 0.2) is 18.2 Å². The smallest absolute Gasteiger partial charge is 0.321 e. The molecule has 0 saturated carbocycles. The van der Waals surface area contributed by atoms with E-state index < -0.39 is 0 Å². The van der Waals surface area contributed by atoms with E-state index >= 15 is 0 Å². The van der Waals surface area contributed by atoms with Crippen molar-refractivity contribution in [3.8, 4) is 29.1 Å². The van der Waals surface area contributed by atoms with Gasteiger partial charge in [0.2, 0.25) is 11.6 Å². The number of nitrogens with zero attached hydrogens (tertiary/aromatic N) is 2. The standard InChI is InChI=1S/C18H25N5O6/c1-25-12-8-11(9-13(26-2)16(12)28-4)21-17(24)20-7-6-19-14-10-15(27-3)23-18(22-14)29-5/h8-10H,6-7H2,1-5H3,(H,19,22,23)(H2,20,21,24). The van der Waals surface area contributed by atoms with Crippen molar-refractivity contribution < 1.29 is 28.5 Å². The molecular formula is C18H25N5O6. The zero-order chi connectivity index (χ0) is 21.2. The maximum Gasteiger partial charge on any atom is 0.321 e. The van der Waals surface area contributed by atoms with Crippen molar-refractivity contribution >= 4 is 17.5 Å². The number of urea groups is 1. The summed E-state index contributed by atoms with van der Waals surface area (Å²) in [7, 11) is 7.48. The van der Waals surface area contributed by atoms with Crippen LogP contribution in [0.4, 0.5) is 16.3 Å². The number of benzene rings is 1. The van der Waals surface area contributed by atoms with E-state index in [2.05, 4.69) is 25.9 Å². The topological polar surface area (TPSA) is 125 Å². The van der Waals surface area contributed by atoms with Crippen molar-refractivity contribution in [1.29, 1.82) is 0 Å². The number of hydrogen-bond donors (Lipinski definition) is 3. The fourth-order valence-electron chi connectivity index (χ4n) is 2.39. The molecule has 0 spiro atoms. The fourth-order valence-corrected chi connectivity index (χ4v) is 2.39. The second kappa shape index (κ2) is 10.6. The summed E-state index contributed by atoms with van der Waals surface area (Å²) in [6.45, 7) is 0.761. The predicted molar refractivity (Wildman–Crippen MR) is 107 cm³/mol. The minimum Gasteiger partial charge on any atom is -0.493 e. The number of ether oxygens (including phenoxy) is 5. The first-order chi connectivity index (χ1) is 14.0. The molecule has 0 unspecified atom stereocenters. The molecule has 0 radical (unpaired) electrons. The fraction of sp³-hybridized carbons (Fsp3) is 0.389. The van der Waals surface area contributed by atoms with Crippen molar-refractivity contribution in [2.75, 3.05) is 59.3 Å². The molecular weight excluding hydrogens is 382 g/mol. The maximum atomic E-state index is 12.1. The summed E-state index contributed by atoms with van der Waals surface area (Å²) >= 11 is 0. The van der Waals surface area contributed by atoms with E-state index in [0.717, 1.165) is 0 Å². The van der Waals surface area contributed by atoms with E-state index in [0.29, 0.717) is 47.7 Å². The highest BCUT2D eigenvalue weighted by molar-refractivity contribution is 5.90. The third-order valence-corrected chi connectivity index (χ3v) is 3.71. The van der Waals surface area contributed by atoms with Crippen molar-refractivity contribution in [3.05, 3.63) is 18.2 Å². The van der Waals surface area contributed by atoms with Gasteiger partial charge in [0.1, 0.15) is 5.82 Å². The van der Waals surface area contributed by atoms with Gasteiger partial charge in [0.05, 0.1) is 41.2 Å². The summed E-state index contributed by atoms with van der Waals surface area (Å²) in [6.07, 6.45) is 0. The Morgan fingerprint density at radius 2 is 1.55 bits per heavy atom. The first-order valence-electron chi connectivity index (χ1n) is 8.60. The van der Waals surface area contributed by atoms with Crippen LogP contribution in [0, 0.1) is 0 Å². The number of carbonyl (C=O) groups excluding carboxylic acids is 1. The molecule has 1 aromatic heterocycles. The molecule has 0 atom stereocenters. The van der Waals surface area contributed by atoms with Gasteiger partial charge in [-0.1, -0.05) is 0 Å². The third kappa shape index (κ3) is 5.92. The van der Waals surface area contributed by atoms with E-state index in [1.54, 1.807) is 18.2 Å². The minimum absolute atomic E-state index is 0.181. The van der Waals surface area contributed by atoms with Crippen LogP contribution in [0.3, 0.4) is 0 Å². The molecule has 0 fully saturated rings. The normalized spacial score (nSPS) is 9.97. The quantitative estimate of drug-likeness (QED) is 0.505. The molecule has 158 valence electrons. The van der Waals surface area contributed by atoms with Crippen molar-refractivity contribution in [2.24, 2.45) is 0 Å². The first kappa shape index (κ1) is 21.7. The highest BCUT2D eigenvalue weighted by Crippen LogP contribution is 2.39. The van der Waals surface area contributed by atoms with Gasteiger partial charge >= 0.3 is 12.0 Å². The Morgan fingerprint density at radius 3 is 2.10 bits per heavy atom. The molecule has 2 aromatic rings.